The van der Waals surface area contributed by atoms with Crippen LogP contribution in [0.1, 0.15) is 49.7 Å². The third-order valence-corrected chi connectivity index (χ3v) is 8.75. The summed E-state index contributed by atoms with van der Waals surface area (Å²) in [5.74, 6) is 1.28. The predicted molar refractivity (Wildman–Crippen MR) is 141 cm³/mol. The van der Waals surface area contributed by atoms with E-state index in [1.807, 2.05) is 22.8 Å². The lowest BCUT2D eigenvalue weighted by Crippen LogP contribution is -2.46. The van der Waals surface area contributed by atoms with Crippen LogP contribution in [0.5, 0.6) is 5.75 Å². The molecule has 0 aromatic heterocycles. The SMILES string of the molecule is CCC(=O)N1CC(CN2CCC3(CC2)CCN(Cc2ccc(OC(F)F)cc2)C3=O)C(c2ccccc2)C1. The van der Waals surface area contributed by atoms with Gasteiger partial charge < -0.3 is 19.4 Å². The number of halogens is 2. The summed E-state index contributed by atoms with van der Waals surface area (Å²) >= 11 is 0. The van der Waals surface area contributed by atoms with Crippen molar-refractivity contribution in [2.75, 3.05) is 39.3 Å². The summed E-state index contributed by atoms with van der Waals surface area (Å²) in [6.45, 7) is 4.58. The molecule has 38 heavy (non-hydrogen) atoms. The van der Waals surface area contributed by atoms with Crippen molar-refractivity contribution in [2.24, 2.45) is 11.3 Å². The molecule has 2 atom stereocenters. The molecule has 5 rings (SSSR count). The highest BCUT2D eigenvalue weighted by Gasteiger charge is 2.48. The van der Waals surface area contributed by atoms with Gasteiger partial charge in [0.25, 0.3) is 0 Å². The van der Waals surface area contributed by atoms with Crippen molar-refractivity contribution >= 4 is 11.8 Å². The van der Waals surface area contributed by atoms with Crippen LogP contribution in [0.2, 0.25) is 0 Å². The predicted octanol–water partition coefficient (Wildman–Crippen LogP) is 4.75. The zero-order valence-electron chi connectivity index (χ0n) is 22.0. The third kappa shape index (κ3) is 5.70. The Labute approximate surface area is 223 Å². The Morgan fingerprint density at radius 2 is 1.68 bits per heavy atom. The number of amides is 2. The van der Waals surface area contributed by atoms with Crippen LogP contribution in [-0.2, 0) is 16.1 Å². The Balaban J connectivity index is 1.17. The molecule has 0 aliphatic carbocycles. The van der Waals surface area contributed by atoms with Crippen molar-refractivity contribution in [3.8, 4) is 5.75 Å². The molecule has 2 aromatic rings. The van der Waals surface area contributed by atoms with Gasteiger partial charge in [0.2, 0.25) is 11.8 Å². The van der Waals surface area contributed by atoms with Gasteiger partial charge in [-0.1, -0.05) is 49.4 Å². The van der Waals surface area contributed by atoms with Gasteiger partial charge >= 0.3 is 6.61 Å². The largest absolute Gasteiger partial charge is 0.435 e. The van der Waals surface area contributed by atoms with E-state index in [2.05, 4.69) is 33.9 Å². The molecule has 3 aliphatic rings. The molecule has 204 valence electrons. The second-order valence-electron chi connectivity index (χ2n) is 11.0. The van der Waals surface area contributed by atoms with Gasteiger partial charge in [0.1, 0.15) is 5.75 Å². The number of hydrogen-bond acceptors (Lipinski definition) is 4. The van der Waals surface area contributed by atoms with E-state index in [9.17, 15) is 18.4 Å². The minimum atomic E-state index is -2.85. The monoisotopic (exact) mass is 525 g/mol. The highest BCUT2D eigenvalue weighted by molar-refractivity contribution is 5.85. The maximum Gasteiger partial charge on any atom is 0.387 e. The number of carbonyl (C=O) groups is 2. The van der Waals surface area contributed by atoms with Crippen LogP contribution in [0, 0.1) is 11.3 Å². The number of rotatable bonds is 8. The first-order valence-electron chi connectivity index (χ1n) is 13.7. The molecule has 3 heterocycles. The highest BCUT2D eigenvalue weighted by atomic mass is 19.3. The Bertz CT molecular complexity index is 1100. The third-order valence-electron chi connectivity index (χ3n) is 8.75. The number of hydrogen-bond donors (Lipinski definition) is 0. The van der Waals surface area contributed by atoms with E-state index in [1.54, 1.807) is 12.1 Å². The van der Waals surface area contributed by atoms with Gasteiger partial charge in [-0.05, 0) is 61.5 Å². The van der Waals surface area contributed by atoms with Gasteiger partial charge in [-0.25, -0.2) is 0 Å². The van der Waals surface area contributed by atoms with Crippen LogP contribution < -0.4 is 4.74 Å². The summed E-state index contributed by atoms with van der Waals surface area (Å²) in [6.07, 6.45) is 3.10. The fourth-order valence-electron chi connectivity index (χ4n) is 6.56. The molecule has 3 fully saturated rings. The van der Waals surface area contributed by atoms with Crippen LogP contribution in [0.25, 0.3) is 0 Å². The van der Waals surface area contributed by atoms with Gasteiger partial charge in [0.15, 0.2) is 0 Å². The van der Waals surface area contributed by atoms with E-state index < -0.39 is 6.61 Å². The van der Waals surface area contributed by atoms with Crippen LogP contribution in [0.15, 0.2) is 54.6 Å². The summed E-state index contributed by atoms with van der Waals surface area (Å²) < 4.78 is 29.2. The first-order chi connectivity index (χ1) is 18.4. The fourth-order valence-corrected chi connectivity index (χ4v) is 6.56. The van der Waals surface area contributed by atoms with E-state index in [1.165, 1.54) is 17.7 Å². The summed E-state index contributed by atoms with van der Waals surface area (Å²) in [5.41, 5.74) is 1.91. The lowest BCUT2D eigenvalue weighted by molar-refractivity contribution is -0.139. The summed E-state index contributed by atoms with van der Waals surface area (Å²) in [4.78, 5) is 32.4. The maximum absolute atomic E-state index is 13.5. The molecule has 0 radical (unpaired) electrons. The highest BCUT2D eigenvalue weighted by Crippen LogP contribution is 2.43. The Morgan fingerprint density at radius 1 is 1.00 bits per heavy atom. The van der Waals surface area contributed by atoms with Crippen LogP contribution >= 0.6 is 0 Å². The molecule has 8 heteroatoms. The van der Waals surface area contributed by atoms with Gasteiger partial charge in [-0.2, -0.15) is 8.78 Å². The van der Waals surface area contributed by atoms with Crippen molar-refractivity contribution in [1.29, 1.82) is 0 Å². The summed E-state index contributed by atoms with van der Waals surface area (Å²) in [6, 6.07) is 17.1. The van der Waals surface area contributed by atoms with E-state index in [0.29, 0.717) is 24.8 Å². The second kappa shape index (κ2) is 11.4. The Kier molecular flexibility index (Phi) is 7.98. The molecule has 2 unspecified atom stereocenters. The molecule has 0 N–H and O–H groups in total. The number of likely N-dealkylation sites (tertiary alicyclic amines) is 3. The molecule has 6 nitrogen and oxygen atoms in total. The molecule has 3 saturated heterocycles. The van der Waals surface area contributed by atoms with Gasteiger partial charge in [0.05, 0.1) is 5.41 Å². The van der Waals surface area contributed by atoms with Gasteiger partial charge in [-0.15, -0.1) is 0 Å². The average Bonchev–Trinajstić information content (AvgIpc) is 3.48. The number of alkyl halides is 2. The smallest absolute Gasteiger partial charge is 0.387 e. The lowest BCUT2D eigenvalue weighted by Gasteiger charge is -2.39. The van der Waals surface area contributed by atoms with E-state index in [4.69, 9.17) is 0 Å². The molecule has 2 aromatic carbocycles. The number of piperidine rings is 1. The maximum atomic E-state index is 13.5. The number of ether oxygens (including phenoxy) is 1. The molecule has 2 amide bonds. The van der Waals surface area contributed by atoms with Crippen molar-refractivity contribution in [2.45, 2.75) is 51.7 Å². The standard InChI is InChI=1S/C30H37F2N3O3/c1-2-27(36)35-20-24(26(21-35)23-6-4-3-5-7-23)19-33-15-12-30(13-16-33)14-17-34(28(30)37)18-22-8-10-25(11-9-22)38-29(31)32/h3-11,24,26,29H,2,12-21H2,1H3. The number of carbonyl (C=O) groups excluding carboxylic acids is 2. The minimum absolute atomic E-state index is 0.124. The molecule has 0 bridgehead atoms. The van der Waals surface area contributed by atoms with Crippen molar-refractivity contribution in [3.63, 3.8) is 0 Å². The van der Waals surface area contributed by atoms with Crippen LogP contribution in [0.3, 0.4) is 0 Å². The molecule has 3 aliphatic heterocycles. The van der Waals surface area contributed by atoms with E-state index >= 15 is 0 Å². The zero-order chi connectivity index (χ0) is 26.7. The van der Waals surface area contributed by atoms with Gasteiger partial charge in [-0.3, -0.25) is 9.59 Å². The molecular weight excluding hydrogens is 488 g/mol. The van der Waals surface area contributed by atoms with Crippen molar-refractivity contribution in [3.05, 3.63) is 65.7 Å². The average molecular weight is 526 g/mol. The zero-order valence-corrected chi connectivity index (χ0v) is 22.0. The minimum Gasteiger partial charge on any atom is -0.435 e. The Morgan fingerprint density at radius 3 is 2.34 bits per heavy atom. The van der Waals surface area contributed by atoms with Crippen LogP contribution in [0.4, 0.5) is 8.78 Å². The summed E-state index contributed by atoms with van der Waals surface area (Å²) in [5, 5.41) is 0. The summed E-state index contributed by atoms with van der Waals surface area (Å²) in [7, 11) is 0. The number of benzene rings is 2. The van der Waals surface area contributed by atoms with E-state index in [-0.39, 0.29) is 23.0 Å². The topological polar surface area (TPSA) is 53.1 Å². The van der Waals surface area contributed by atoms with Crippen molar-refractivity contribution < 1.29 is 23.1 Å². The number of nitrogens with zero attached hydrogens (tertiary/aromatic N) is 3. The molecule has 1 spiro atoms. The Hall–Kier alpha value is -3.00. The molecular formula is C30H37F2N3O3. The second-order valence-corrected chi connectivity index (χ2v) is 11.0. The van der Waals surface area contributed by atoms with Crippen LogP contribution in [-0.4, -0.2) is 72.4 Å². The van der Waals surface area contributed by atoms with Gasteiger partial charge in [0, 0.05) is 45.1 Å². The first-order valence-corrected chi connectivity index (χ1v) is 13.7. The fraction of sp³-hybridized carbons (Fsp3) is 0.533. The lowest BCUT2D eigenvalue weighted by atomic mass is 9.76. The first kappa shape index (κ1) is 26.6. The quantitative estimate of drug-likeness (QED) is 0.499. The normalized spacial score (nSPS) is 23.5. The molecule has 0 saturated carbocycles. The van der Waals surface area contributed by atoms with E-state index in [0.717, 1.165) is 64.1 Å². The van der Waals surface area contributed by atoms with Crippen molar-refractivity contribution in [1.82, 2.24) is 14.7 Å².